The summed E-state index contributed by atoms with van der Waals surface area (Å²) >= 11 is 0. The zero-order chi connectivity index (χ0) is 12.3. The Hall–Kier alpha value is -1.51. The fraction of sp³-hybridized carbons (Fsp3) is 0.429. The van der Waals surface area contributed by atoms with Crippen LogP contribution in [0.15, 0.2) is 24.3 Å². The number of hydrogen-bond acceptors (Lipinski definition) is 2. The minimum absolute atomic E-state index is 0.295. The van der Waals surface area contributed by atoms with Crippen LogP contribution in [0.4, 0.5) is 4.39 Å². The van der Waals surface area contributed by atoms with Gasteiger partial charge in [0.1, 0.15) is 17.3 Å². The maximum atomic E-state index is 13.9. The van der Waals surface area contributed by atoms with E-state index in [-0.39, 0.29) is 5.82 Å². The van der Waals surface area contributed by atoms with Gasteiger partial charge in [0.05, 0.1) is 18.8 Å². The van der Waals surface area contributed by atoms with Gasteiger partial charge in [-0.05, 0) is 37.5 Å². The van der Waals surface area contributed by atoms with Crippen LogP contribution in [0.3, 0.4) is 0 Å². The molecule has 0 saturated heterocycles. The van der Waals surface area contributed by atoms with E-state index in [0.29, 0.717) is 36.2 Å². The monoisotopic (exact) mass is 236 g/mol. The maximum Gasteiger partial charge on any atom is 0.137 e. The van der Waals surface area contributed by atoms with Gasteiger partial charge in [0.15, 0.2) is 0 Å². The second kappa shape index (κ2) is 5.21. The summed E-state index contributed by atoms with van der Waals surface area (Å²) in [4.78, 5) is 0. The number of allylic oxidation sites excluding steroid dienone is 1. The molecule has 2 nitrogen and oxygen atoms in total. The number of rotatable bonds is 3. The Morgan fingerprint density at radius 3 is 2.88 bits per heavy atom. The van der Waals surface area contributed by atoms with Crippen LogP contribution in [-0.2, 0) is 4.74 Å². The number of halogens is 1. The lowest BCUT2D eigenvalue weighted by atomic mass is 10.0. The summed E-state index contributed by atoms with van der Waals surface area (Å²) in [5.41, 5.74) is 0.514. The Kier molecular flexibility index (Phi) is 3.67. The van der Waals surface area contributed by atoms with E-state index in [1.54, 1.807) is 12.1 Å². The van der Waals surface area contributed by atoms with Gasteiger partial charge in [0.25, 0.3) is 0 Å². The van der Waals surface area contributed by atoms with Crippen LogP contribution in [0.2, 0.25) is 0 Å². The fourth-order valence-corrected chi connectivity index (χ4v) is 1.81. The standard InChI is InChI=1S/C14H17FO2/c1-3-16-11-5-6-12(13(15)8-11)14-7-4-10(2)9-17-14/h5-8,10H,3-4,9H2,1-2H3. The summed E-state index contributed by atoms with van der Waals surface area (Å²) in [6.07, 6.45) is 2.88. The fourth-order valence-electron chi connectivity index (χ4n) is 1.81. The molecule has 2 rings (SSSR count). The molecule has 1 atom stereocenters. The molecule has 0 saturated carbocycles. The molecule has 0 fully saturated rings. The smallest absolute Gasteiger partial charge is 0.137 e. The lowest BCUT2D eigenvalue weighted by Gasteiger charge is -2.20. The van der Waals surface area contributed by atoms with Crippen LogP contribution in [0.25, 0.3) is 5.76 Å². The zero-order valence-corrected chi connectivity index (χ0v) is 10.2. The molecule has 0 spiro atoms. The highest BCUT2D eigenvalue weighted by atomic mass is 19.1. The Bertz CT molecular complexity index is 426. The van der Waals surface area contributed by atoms with Gasteiger partial charge in [0, 0.05) is 6.07 Å². The van der Waals surface area contributed by atoms with Gasteiger partial charge in [-0.3, -0.25) is 0 Å². The highest BCUT2D eigenvalue weighted by Gasteiger charge is 2.16. The lowest BCUT2D eigenvalue weighted by molar-refractivity contribution is 0.209. The van der Waals surface area contributed by atoms with E-state index in [2.05, 4.69) is 6.92 Å². The molecule has 3 heteroatoms. The van der Waals surface area contributed by atoms with E-state index in [9.17, 15) is 4.39 Å². The Morgan fingerprint density at radius 1 is 1.47 bits per heavy atom. The van der Waals surface area contributed by atoms with E-state index in [1.165, 1.54) is 6.07 Å². The summed E-state index contributed by atoms with van der Waals surface area (Å²) in [5.74, 6) is 1.41. The van der Waals surface area contributed by atoms with Gasteiger partial charge in [0.2, 0.25) is 0 Å². The normalized spacial score (nSPS) is 19.5. The summed E-state index contributed by atoms with van der Waals surface area (Å²) in [6.45, 7) is 5.18. The van der Waals surface area contributed by atoms with Crippen molar-refractivity contribution in [3.05, 3.63) is 35.7 Å². The van der Waals surface area contributed by atoms with Gasteiger partial charge >= 0.3 is 0 Å². The average Bonchev–Trinajstić information content (AvgIpc) is 2.31. The van der Waals surface area contributed by atoms with E-state index < -0.39 is 0 Å². The molecule has 1 aliphatic rings. The van der Waals surface area contributed by atoms with Crippen molar-refractivity contribution < 1.29 is 13.9 Å². The summed E-state index contributed by atoms with van der Waals surface area (Å²) < 4.78 is 24.6. The molecule has 1 aliphatic heterocycles. The van der Waals surface area contributed by atoms with Gasteiger partial charge in [-0.25, -0.2) is 4.39 Å². The van der Waals surface area contributed by atoms with Crippen LogP contribution >= 0.6 is 0 Å². The van der Waals surface area contributed by atoms with Crippen LogP contribution in [0, 0.1) is 11.7 Å². The van der Waals surface area contributed by atoms with Gasteiger partial charge in [-0.2, -0.15) is 0 Å². The molecule has 92 valence electrons. The molecule has 1 unspecified atom stereocenters. The summed E-state index contributed by atoms with van der Waals surface area (Å²) in [5, 5.41) is 0. The zero-order valence-electron chi connectivity index (χ0n) is 10.2. The third-order valence-corrected chi connectivity index (χ3v) is 2.75. The molecule has 0 bridgehead atoms. The van der Waals surface area contributed by atoms with Crippen LogP contribution in [0.1, 0.15) is 25.8 Å². The van der Waals surface area contributed by atoms with Gasteiger partial charge in [-0.15, -0.1) is 0 Å². The van der Waals surface area contributed by atoms with Crippen molar-refractivity contribution in [2.45, 2.75) is 20.3 Å². The van der Waals surface area contributed by atoms with Crippen molar-refractivity contribution in [3.63, 3.8) is 0 Å². The molecule has 0 amide bonds. The first-order chi connectivity index (χ1) is 8.20. The molecule has 1 aromatic carbocycles. The first kappa shape index (κ1) is 12.0. The second-order valence-electron chi connectivity index (χ2n) is 4.29. The predicted molar refractivity (Wildman–Crippen MR) is 65.3 cm³/mol. The quantitative estimate of drug-likeness (QED) is 0.798. The first-order valence-corrected chi connectivity index (χ1v) is 5.96. The van der Waals surface area contributed by atoms with Crippen molar-refractivity contribution in [1.29, 1.82) is 0 Å². The maximum absolute atomic E-state index is 13.9. The summed E-state index contributed by atoms with van der Waals surface area (Å²) in [7, 11) is 0. The largest absolute Gasteiger partial charge is 0.494 e. The van der Waals surface area contributed by atoms with Crippen LogP contribution < -0.4 is 4.74 Å². The number of hydrogen-bond donors (Lipinski definition) is 0. The molecule has 1 aromatic rings. The molecule has 0 N–H and O–H groups in total. The molecular weight excluding hydrogens is 219 g/mol. The number of ether oxygens (including phenoxy) is 2. The molecular formula is C14H17FO2. The van der Waals surface area contributed by atoms with Crippen molar-refractivity contribution in [2.75, 3.05) is 13.2 Å². The van der Waals surface area contributed by atoms with Gasteiger partial charge < -0.3 is 9.47 Å². The van der Waals surface area contributed by atoms with Gasteiger partial charge in [-0.1, -0.05) is 6.92 Å². The van der Waals surface area contributed by atoms with Crippen molar-refractivity contribution >= 4 is 5.76 Å². The minimum Gasteiger partial charge on any atom is -0.494 e. The molecule has 0 aliphatic carbocycles. The Balaban J connectivity index is 2.21. The highest BCUT2D eigenvalue weighted by molar-refractivity contribution is 5.61. The van der Waals surface area contributed by atoms with E-state index in [1.807, 2.05) is 13.0 Å². The van der Waals surface area contributed by atoms with E-state index in [4.69, 9.17) is 9.47 Å². The third kappa shape index (κ3) is 2.78. The second-order valence-corrected chi connectivity index (χ2v) is 4.29. The first-order valence-electron chi connectivity index (χ1n) is 5.96. The highest BCUT2D eigenvalue weighted by Crippen LogP contribution is 2.28. The molecule has 1 heterocycles. The number of benzene rings is 1. The van der Waals surface area contributed by atoms with Crippen molar-refractivity contribution in [2.24, 2.45) is 5.92 Å². The average molecular weight is 236 g/mol. The molecule has 17 heavy (non-hydrogen) atoms. The van der Waals surface area contributed by atoms with E-state index >= 15 is 0 Å². The van der Waals surface area contributed by atoms with E-state index in [0.717, 1.165) is 6.42 Å². The summed E-state index contributed by atoms with van der Waals surface area (Å²) in [6, 6.07) is 4.88. The van der Waals surface area contributed by atoms with Crippen LogP contribution in [-0.4, -0.2) is 13.2 Å². The third-order valence-electron chi connectivity index (χ3n) is 2.75. The lowest BCUT2D eigenvalue weighted by Crippen LogP contribution is -2.10. The Labute approximate surface area is 101 Å². The van der Waals surface area contributed by atoms with Crippen molar-refractivity contribution in [1.82, 2.24) is 0 Å². The molecule has 0 radical (unpaired) electrons. The topological polar surface area (TPSA) is 18.5 Å². The SMILES string of the molecule is CCOc1ccc(C2=CCC(C)CO2)c(F)c1. The predicted octanol–water partition coefficient (Wildman–Crippen LogP) is 3.62. The van der Waals surface area contributed by atoms with Crippen LogP contribution in [0.5, 0.6) is 5.75 Å². The molecule has 0 aromatic heterocycles. The van der Waals surface area contributed by atoms with Crippen molar-refractivity contribution in [3.8, 4) is 5.75 Å². The minimum atomic E-state index is -0.295. The Morgan fingerprint density at radius 2 is 2.29 bits per heavy atom.